The van der Waals surface area contributed by atoms with Crippen LogP contribution >= 0.6 is 0 Å². The summed E-state index contributed by atoms with van der Waals surface area (Å²) in [6, 6.07) is 14.8. The molecular formula is C20H14N2O5. The van der Waals surface area contributed by atoms with E-state index in [1.165, 1.54) is 30.7 Å². The number of benzene rings is 1. The number of carbonyl (C=O) groups excluding carboxylic acids is 2. The zero-order valence-electron chi connectivity index (χ0n) is 14.0. The van der Waals surface area contributed by atoms with Gasteiger partial charge in [0.1, 0.15) is 23.2 Å². The first kappa shape index (κ1) is 17.8. The predicted octanol–water partition coefficient (Wildman–Crippen LogP) is 3.32. The summed E-state index contributed by atoms with van der Waals surface area (Å²) >= 11 is 0. The van der Waals surface area contributed by atoms with Crippen molar-refractivity contribution in [2.24, 2.45) is 0 Å². The van der Waals surface area contributed by atoms with Gasteiger partial charge in [-0.3, -0.25) is 4.79 Å². The van der Waals surface area contributed by atoms with Gasteiger partial charge in [0.2, 0.25) is 5.76 Å². The third-order valence-electron chi connectivity index (χ3n) is 3.47. The summed E-state index contributed by atoms with van der Waals surface area (Å²) in [7, 11) is 0. The lowest BCUT2D eigenvalue weighted by atomic mass is 10.1. The lowest BCUT2D eigenvalue weighted by Gasteiger charge is -2.04. The lowest BCUT2D eigenvalue weighted by Crippen LogP contribution is -2.23. The maximum Gasteiger partial charge on any atom is 0.379 e. The van der Waals surface area contributed by atoms with Crippen molar-refractivity contribution in [2.75, 3.05) is 0 Å². The average Bonchev–Trinajstić information content (AvgIpc) is 3.38. The number of rotatable bonds is 6. The normalized spacial score (nSPS) is 10.9. The first-order chi connectivity index (χ1) is 13.2. The summed E-state index contributed by atoms with van der Waals surface area (Å²) in [5.41, 5.74) is 0.445. The Morgan fingerprint density at radius 1 is 1.11 bits per heavy atom. The molecule has 0 radical (unpaired) electrons. The number of nitriles is 1. The number of amides is 1. The molecule has 0 aliphatic carbocycles. The Kier molecular flexibility index (Phi) is 5.50. The van der Waals surface area contributed by atoms with Gasteiger partial charge in [0.25, 0.3) is 5.91 Å². The number of ether oxygens (including phenoxy) is 1. The van der Waals surface area contributed by atoms with Gasteiger partial charge in [-0.05, 0) is 48.0 Å². The monoisotopic (exact) mass is 362 g/mol. The van der Waals surface area contributed by atoms with E-state index in [1.807, 2.05) is 6.07 Å². The van der Waals surface area contributed by atoms with Gasteiger partial charge >= 0.3 is 5.97 Å². The first-order valence-corrected chi connectivity index (χ1v) is 7.94. The Labute approximate surface area is 154 Å². The minimum absolute atomic E-state index is 0.0750. The van der Waals surface area contributed by atoms with E-state index >= 15 is 0 Å². The highest BCUT2D eigenvalue weighted by atomic mass is 16.5. The maximum absolute atomic E-state index is 12.2. The summed E-state index contributed by atoms with van der Waals surface area (Å²) in [4.78, 5) is 24.1. The van der Waals surface area contributed by atoms with Crippen LogP contribution in [0.25, 0.3) is 6.08 Å². The van der Waals surface area contributed by atoms with Crippen LogP contribution in [-0.2, 0) is 11.3 Å². The van der Waals surface area contributed by atoms with Crippen molar-refractivity contribution in [3.05, 3.63) is 83.7 Å². The molecule has 0 saturated carbocycles. The Bertz CT molecular complexity index is 995. The average molecular weight is 362 g/mol. The third kappa shape index (κ3) is 4.74. The zero-order chi connectivity index (χ0) is 19.1. The minimum Gasteiger partial charge on any atom is -0.467 e. The zero-order valence-corrected chi connectivity index (χ0v) is 14.0. The molecule has 0 unspecified atom stereocenters. The highest BCUT2D eigenvalue weighted by Gasteiger charge is 2.12. The molecule has 27 heavy (non-hydrogen) atoms. The van der Waals surface area contributed by atoms with E-state index in [0.29, 0.717) is 11.3 Å². The lowest BCUT2D eigenvalue weighted by molar-refractivity contribution is -0.117. The second-order valence-electron chi connectivity index (χ2n) is 5.37. The van der Waals surface area contributed by atoms with Crippen LogP contribution in [0.15, 0.2) is 75.5 Å². The summed E-state index contributed by atoms with van der Waals surface area (Å²) in [5, 5.41) is 11.9. The van der Waals surface area contributed by atoms with Crippen molar-refractivity contribution in [3.8, 4) is 11.8 Å². The van der Waals surface area contributed by atoms with Crippen LogP contribution in [-0.4, -0.2) is 11.9 Å². The van der Waals surface area contributed by atoms with Gasteiger partial charge in [0.15, 0.2) is 0 Å². The van der Waals surface area contributed by atoms with Crippen molar-refractivity contribution in [3.63, 3.8) is 0 Å². The summed E-state index contributed by atoms with van der Waals surface area (Å²) in [6.45, 7) is 0.172. The fourth-order valence-electron chi connectivity index (χ4n) is 2.21. The van der Waals surface area contributed by atoms with Crippen molar-refractivity contribution in [1.82, 2.24) is 5.32 Å². The van der Waals surface area contributed by atoms with E-state index in [-0.39, 0.29) is 23.6 Å². The predicted molar refractivity (Wildman–Crippen MR) is 94.3 cm³/mol. The second-order valence-corrected chi connectivity index (χ2v) is 5.37. The van der Waals surface area contributed by atoms with Gasteiger partial charge in [-0.2, -0.15) is 5.26 Å². The number of furan rings is 2. The molecule has 0 aliphatic heterocycles. The molecule has 0 saturated heterocycles. The Morgan fingerprint density at radius 3 is 2.63 bits per heavy atom. The molecule has 7 nitrogen and oxygen atoms in total. The Morgan fingerprint density at radius 2 is 1.93 bits per heavy atom. The van der Waals surface area contributed by atoms with E-state index in [9.17, 15) is 14.9 Å². The van der Waals surface area contributed by atoms with E-state index in [0.717, 1.165) is 0 Å². The van der Waals surface area contributed by atoms with Gasteiger partial charge in [0, 0.05) is 0 Å². The molecule has 2 aromatic heterocycles. The molecule has 0 atom stereocenters. The van der Waals surface area contributed by atoms with Crippen LogP contribution in [0.2, 0.25) is 0 Å². The molecule has 134 valence electrons. The van der Waals surface area contributed by atoms with E-state index in [1.54, 1.807) is 36.4 Å². The highest BCUT2D eigenvalue weighted by Crippen LogP contribution is 2.18. The molecule has 2 heterocycles. The fourth-order valence-corrected chi connectivity index (χ4v) is 2.21. The molecule has 1 N–H and O–H groups in total. The summed E-state index contributed by atoms with van der Waals surface area (Å²) in [6.07, 6.45) is 4.27. The Balaban J connectivity index is 1.69. The number of hydrogen-bond donors (Lipinski definition) is 1. The molecule has 7 heteroatoms. The van der Waals surface area contributed by atoms with Crippen LogP contribution in [0, 0.1) is 11.3 Å². The minimum atomic E-state index is -0.641. The van der Waals surface area contributed by atoms with Gasteiger partial charge in [-0.1, -0.05) is 12.1 Å². The number of nitrogens with one attached hydrogen (secondary N) is 1. The Hall–Kier alpha value is -4.05. The summed E-state index contributed by atoms with van der Waals surface area (Å²) < 4.78 is 15.3. The second kappa shape index (κ2) is 8.36. The quantitative estimate of drug-likeness (QED) is 0.312. The molecule has 1 amide bonds. The highest BCUT2D eigenvalue weighted by molar-refractivity contribution is 6.01. The molecule has 1 aromatic carbocycles. The first-order valence-electron chi connectivity index (χ1n) is 7.94. The van der Waals surface area contributed by atoms with Gasteiger partial charge in [-0.25, -0.2) is 4.79 Å². The maximum atomic E-state index is 12.2. The van der Waals surface area contributed by atoms with Crippen molar-refractivity contribution in [2.45, 2.75) is 6.54 Å². The smallest absolute Gasteiger partial charge is 0.379 e. The SMILES string of the molecule is N#C/C(=C\c1cccc(OC(=O)c2ccco2)c1)C(=O)NCc1ccco1. The molecule has 3 aromatic rings. The van der Waals surface area contributed by atoms with Gasteiger partial charge < -0.3 is 18.9 Å². The van der Waals surface area contributed by atoms with Crippen LogP contribution in [0.1, 0.15) is 21.9 Å². The van der Waals surface area contributed by atoms with E-state index in [4.69, 9.17) is 13.6 Å². The van der Waals surface area contributed by atoms with Crippen LogP contribution in [0.3, 0.4) is 0 Å². The van der Waals surface area contributed by atoms with Gasteiger partial charge in [-0.15, -0.1) is 0 Å². The molecule has 0 aliphatic rings. The standard InChI is InChI=1S/C20H14N2O5/c21-12-15(19(23)22-13-17-6-2-8-25-17)10-14-4-1-5-16(11-14)27-20(24)18-7-3-9-26-18/h1-11H,13H2,(H,22,23)/b15-10+. The molecule has 0 spiro atoms. The van der Waals surface area contributed by atoms with E-state index < -0.39 is 11.9 Å². The topological polar surface area (TPSA) is 105 Å². The third-order valence-corrected chi connectivity index (χ3v) is 3.47. The number of esters is 1. The van der Waals surface area contributed by atoms with E-state index in [2.05, 4.69) is 5.32 Å². The van der Waals surface area contributed by atoms with Gasteiger partial charge in [0.05, 0.1) is 19.1 Å². The van der Waals surface area contributed by atoms with Crippen LogP contribution in [0.5, 0.6) is 5.75 Å². The summed E-state index contributed by atoms with van der Waals surface area (Å²) in [5.74, 6) is -0.262. The number of carbonyl (C=O) groups is 2. The van der Waals surface area contributed by atoms with Crippen LogP contribution < -0.4 is 10.1 Å². The van der Waals surface area contributed by atoms with Crippen molar-refractivity contribution >= 4 is 18.0 Å². The fraction of sp³-hybridized carbons (Fsp3) is 0.0500. The molecule has 0 bridgehead atoms. The van der Waals surface area contributed by atoms with Crippen molar-refractivity contribution < 1.29 is 23.2 Å². The largest absolute Gasteiger partial charge is 0.467 e. The molecule has 3 rings (SSSR count). The molecule has 0 fully saturated rings. The van der Waals surface area contributed by atoms with Crippen LogP contribution in [0.4, 0.5) is 0 Å². The number of nitrogens with zero attached hydrogens (tertiary/aromatic N) is 1. The molecular weight excluding hydrogens is 348 g/mol. The number of hydrogen-bond acceptors (Lipinski definition) is 6. The van der Waals surface area contributed by atoms with Crippen molar-refractivity contribution in [1.29, 1.82) is 5.26 Å².